The van der Waals surface area contributed by atoms with E-state index in [-0.39, 0.29) is 11.8 Å². The Hall–Kier alpha value is -4.13. The van der Waals surface area contributed by atoms with E-state index < -0.39 is 35.9 Å². The monoisotopic (exact) mass is 500 g/mol. The number of carbonyl (C=O) groups excluding carboxylic acids is 2. The molecular weight excluding hydrogens is 468 g/mol. The molecule has 4 rings (SSSR count). The number of aliphatic carboxylic acids is 1. The molecule has 0 aliphatic carbocycles. The molecule has 0 radical (unpaired) electrons. The van der Waals surface area contributed by atoms with Crippen LogP contribution >= 0.6 is 0 Å². The number of nitrogens with one attached hydrogen (secondary N) is 1. The van der Waals surface area contributed by atoms with Gasteiger partial charge < -0.3 is 20.1 Å². The van der Waals surface area contributed by atoms with Gasteiger partial charge >= 0.3 is 12.0 Å². The van der Waals surface area contributed by atoms with Gasteiger partial charge in [-0.3, -0.25) is 4.79 Å². The molecule has 0 bridgehead atoms. The van der Waals surface area contributed by atoms with Gasteiger partial charge in [0.2, 0.25) is 0 Å². The molecule has 1 saturated heterocycles. The molecule has 0 aromatic heterocycles. The molecule has 3 aromatic rings. The molecule has 192 valence electrons. The third kappa shape index (κ3) is 5.21. The number of rotatable bonds is 7. The predicted octanol–water partition coefficient (Wildman–Crippen LogP) is 5.21. The van der Waals surface area contributed by atoms with Crippen molar-refractivity contribution in [2.45, 2.75) is 44.8 Å². The highest BCUT2D eigenvalue weighted by atomic mass is 16.5. The topological polar surface area (TPSA) is 95.9 Å². The molecule has 2 amide bonds. The Morgan fingerprint density at radius 2 is 1.51 bits per heavy atom. The summed E-state index contributed by atoms with van der Waals surface area (Å²) in [5.41, 5.74) is 2.85. The number of hydrogen-bond donors (Lipinski definition) is 2. The number of ketones is 1. The number of hydrogen-bond acceptors (Lipinski definition) is 4. The molecule has 7 nitrogen and oxygen atoms in total. The first-order valence-corrected chi connectivity index (χ1v) is 12.3. The Labute approximate surface area is 217 Å². The van der Waals surface area contributed by atoms with Crippen LogP contribution < -0.4 is 10.1 Å². The van der Waals surface area contributed by atoms with E-state index >= 15 is 0 Å². The van der Waals surface area contributed by atoms with Gasteiger partial charge in [-0.1, -0.05) is 60.2 Å². The molecule has 0 spiro atoms. The van der Waals surface area contributed by atoms with Crippen LogP contribution in [0.5, 0.6) is 5.75 Å². The summed E-state index contributed by atoms with van der Waals surface area (Å²) in [6.45, 7) is 5.59. The van der Waals surface area contributed by atoms with Crippen molar-refractivity contribution in [3.05, 3.63) is 101 Å². The lowest BCUT2D eigenvalue weighted by Crippen LogP contribution is -2.50. The van der Waals surface area contributed by atoms with E-state index in [0.29, 0.717) is 22.4 Å². The van der Waals surface area contributed by atoms with Gasteiger partial charge in [0.05, 0.1) is 19.1 Å². The largest absolute Gasteiger partial charge is 0.497 e. The van der Waals surface area contributed by atoms with E-state index in [9.17, 15) is 19.5 Å². The number of carbonyl (C=O) groups is 3. The third-order valence-electron chi connectivity index (χ3n) is 6.85. The summed E-state index contributed by atoms with van der Waals surface area (Å²) in [5, 5.41) is 13.4. The zero-order chi connectivity index (χ0) is 26.7. The molecule has 0 saturated carbocycles. The van der Waals surface area contributed by atoms with Crippen LogP contribution in [0.1, 0.15) is 52.9 Å². The van der Waals surface area contributed by atoms with E-state index in [0.717, 1.165) is 5.56 Å². The minimum atomic E-state index is -1.25. The maximum absolute atomic E-state index is 14.2. The van der Waals surface area contributed by atoms with Gasteiger partial charge in [-0.05, 0) is 56.2 Å². The number of carboxylic acids is 1. The summed E-state index contributed by atoms with van der Waals surface area (Å²) in [6.07, 6.45) is 0. The SMILES string of the molecule is COc1ccc(C(=O)C2C(c3ccccc3)C(C(=O)O)N(C(=O)NC(C)C)C2c2ccc(C)cc2)cc1. The van der Waals surface area contributed by atoms with Crippen molar-refractivity contribution in [3.63, 3.8) is 0 Å². The van der Waals surface area contributed by atoms with Crippen LogP contribution in [-0.2, 0) is 4.79 Å². The summed E-state index contributed by atoms with van der Waals surface area (Å²) < 4.78 is 5.25. The van der Waals surface area contributed by atoms with Crippen molar-refractivity contribution >= 4 is 17.8 Å². The van der Waals surface area contributed by atoms with E-state index in [1.807, 2.05) is 75.4 Å². The van der Waals surface area contributed by atoms with Crippen molar-refractivity contribution < 1.29 is 24.2 Å². The second kappa shape index (κ2) is 10.9. The second-order valence-electron chi connectivity index (χ2n) is 9.71. The third-order valence-corrected chi connectivity index (χ3v) is 6.85. The Morgan fingerprint density at radius 1 is 0.892 bits per heavy atom. The standard InChI is InChI=1S/C30H32N2O5/c1-18(2)31-30(36)32-26(21-12-10-19(3)11-13-21)25(28(33)22-14-16-23(37-4)17-15-22)24(27(32)29(34)35)20-8-6-5-7-9-20/h5-18,24-27H,1-4H3,(H,31,36)(H,34,35). The van der Waals surface area contributed by atoms with Crippen molar-refractivity contribution in [3.8, 4) is 5.75 Å². The lowest BCUT2D eigenvalue weighted by Gasteiger charge is -2.31. The van der Waals surface area contributed by atoms with E-state index in [1.165, 1.54) is 4.90 Å². The van der Waals surface area contributed by atoms with E-state index in [2.05, 4.69) is 5.32 Å². The molecule has 1 fully saturated rings. The van der Waals surface area contributed by atoms with Crippen LogP contribution in [0, 0.1) is 12.8 Å². The number of amides is 2. The smallest absolute Gasteiger partial charge is 0.327 e. The molecule has 2 N–H and O–H groups in total. The van der Waals surface area contributed by atoms with Crippen LogP contribution in [0.15, 0.2) is 78.9 Å². The Morgan fingerprint density at radius 3 is 2.05 bits per heavy atom. The number of benzene rings is 3. The molecule has 37 heavy (non-hydrogen) atoms. The molecule has 3 aromatic carbocycles. The van der Waals surface area contributed by atoms with Gasteiger partial charge in [0.15, 0.2) is 5.78 Å². The lowest BCUT2D eigenvalue weighted by molar-refractivity contribution is -0.142. The van der Waals surface area contributed by atoms with Crippen molar-refractivity contribution in [2.75, 3.05) is 7.11 Å². The van der Waals surface area contributed by atoms with Crippen LogP contribution in [0.3, 0.4) is 0 Å². The number of nitrogens with zero attached hydrogens (tertiary/aromatic N) is 1. The highest BCUT2D eigenvalue weighted by Gasteiger charge is 2.57. The Bertz CT molecular complexity index is 1260. The Kier molecular flexibility index (Phi) is 7.62. The van der Waals surface area contributed by atoms with Crippen molar-refractivity contribution in [1.29, 1.82) is 0 Å². The first-order valence-electron chi connectivity index (χ1n) is 12.3. The highest BCUT2D eigenvalue weighted by molar-refractivity contribution is 6.01. The zero-order valence-corrected chi connectivity index (χ0v) is 21.4. The maximum atomic E-state index is 14.2. The quantitative estimate of drug-likeness (QED) is 0.434. The highest BCUT2D eigenvalue weighted by Crippen LogP contribution is 2.51. The first kappa shape index (κ1) is 25.9. The summed E-state index contributed by atoms with van der Waals surface area (Å²) in [7, 11) is 1.55. The molecule has 4 unspecified atom stereocenters. The number of Topliss-reactive ketones (excluding diaryl/α,β-unsaturated/α-hetero) is 1. The minimum absolute atomic E-state index is 0.216. The van der Waals surface area contributed by atoms with Gasteiger partial charge in [-0.25, -0.2) is 9.59 Å². The number of urea groups is 1. The van der Waals surface area contributed by atoms with Gasteiger partial charge in [-0.2, -0.15) is 0 Å². The van der Waals surface area contributed by atoms with Crippen LogP contribution in [-0.4, -0.2) is 47.0 Å². The fourth-order valence-electron chi connectivity index (χ4n) is 5.21. The molecule has 1 heterocycles. The van der Waals surface area contributed by atoms with Gasteiger partial charge in [0, 0.05) is 17.5 Å². The first-order chi connectivity index (χ1) is 17.7. The fourth-order valence-corrected chi connectivity index (χ4v) is 5.21. The van der Waals surface area contributed by atoms with Crippen molar-refractivity contribution in [2.24, 2.45) is 5.92 Å². The van der Waals surface area contributed by atoms with Gasteiger partial charge in [0.1, 0.15) is 11.8 Å². The number of carboxylic acid groups (broad SMARTS) is 1. The normalized spacial score (nSPS) is 21.1. The summed E-state index contributed by atoms with van der Waals surface area (Å²) in [6, 6.07) is 20.7. The molecule has 1 aliphatic rings. The fraction of sp³-hybridized carbons (Fsp3) is 0.300. The van der Waals surface area contributed by atoms with Crippen LogP contribution in [0.25, 0.3) is 0 Å². The molecule has 7 heteroatoms. The van der Waals surface area contributed by atoms with Gasteiger partial charge in [-0.15, -0.1) is 0 Å². The number of likely N-dealkylation sites (tertiary alicyclic amines) is 1. The number of ether oxygens (including phenoxy) is 1. The average molecular weight is 501 g/mol. The molecule has 1 aliphatic heterocycles. The average Bonchev–Trinajstić information content (AvgIpc) is 3.25. The zero-order valence-electron chi connectivity index (χ0n) is 21.4. The summed E-state index contributed by atoms with van der Waals surface area (Å²) in [5.74, 6) is -2.38. The number of methoxy groups -OCH3 is 1. The second-order valence-corrected chi connectivity index (χ2v) is 9.71. The maximum Gasteiger partial charge on any atom is 0.327 e. The summed E-state index contributed by atoms with van der Waals surface area (Å²) >= 11 is 0. The van der Waals surface area contributed by atoms with Crippen LogP contribution in [0.2, 0.25) is 0 Å². The molecule has 4 atom stereocenters. The van der Waals surface area contributed by atoms with E-state index in [1.54, 1.807) is 31.4 Å². The lowest BCUT2D eigenvalue weighted by atomic mass is 9.76. The Balaban J connectivity index is 1.95. The minimum Gasteiger partial charge on any atom is -0.497 e. The van der Waals surface area contributed by atoms with Gasteiger partial charge in [0.25, 0.3) is 0 Å². The summed E-state index contributed by atoms with van der Waals surface area (Å²) in [4.78, 5) is 42.1. The van der Waals surface area contributed by atoms with Crippen molar-refractivity contribution in [1.82, 2.24) is 10.2 Å². The van der Waals surface area contributed by atoms with Crippen LogP contribution in [0.4, 0.5) is 4.79 Å². The molecular formula is C30H32N2O5. The predicted molar refractivity (Wildman–Crippen MR) is 141 cm³/mol. The number of aryl methyl sites for hydroxylation is 1. The van der Waals surface area contributed by atoms with E-state index in [4.69, 9.17) is 4.74 Å².